The number of rotatable bonds is 13. The summed E-state index contributed by atoms with van der Waals surface area (Å²) >= 11 is 0. The molecule has 0 aromatic carbocycles. The molecule has 0 amide bonds. The Morgan fingerprint density at radius 3 is 1.96 bits per heavy atom. The van der Waals surface area contributed by atoms with Crippen molar-refractivity contribution in [2.75, 3.05) is 13.2 Å². The van der Waals surface area contributed by atoms with Gasteiger partial charge in [-0.15, -0.1) is 0 Å². The average Bonchev–Trinajstić information content (AvgIpc) is 2.55. The molecule has 1 unspecified atom stereocenters. The third-order valence-electron chi connectivity index (χ3n) is 5.62. The van der Waals surface area contributed by atoms with E-state index in [1.54, 1.807) is 0 Å². The monoisotopic (exact) mass is 326 g/mol. The fraction of sp³-hybridized carbons (Fsp3) is 1.00. The van der Waals surface area contributed by atoms with E-state index in [1.165, 1.54) is 77.0 Å². The largest absolute Gasteiger partial charge is 0.350 e. The van der Waals surface area contributed by atoms with E-state index < -0.39 is 0 Å². The molecule has 1 aliphatic rings. The van der Waals surface area contributed by atoms with E-state index in [1.807, 2.05) is 0 Å². The van der Waals surface area contributed by atoms with Crippen LogP contribution in [-0.2, 0) is 9.47 Å². The van der Waals surface area contributed by atoms with E-state index in [-0.39, 0.29) is 5.79 Å². The van der Waals surface area contributed by atoms with Crippen LogP contribution in [0.3, 0.4) is 0 Å². The van der Waals surface area contributed by atoms with Gasteiger partial charge in [-0.1, -0.05) is 64.7 Å². The molecule has 1 aliphatic carbocycles. The highest BCUT2D eigenvalue weighted by Gasteiger charge is 2.40. The van der Waals surface area contributed by atoms with Crippen LogP contribution >= 0.6 is 0 Å². The van der Waals surface area contributed by atoms with Gasteiger partial charge in [-0.25, -0.2) is 0 Å². The van der Waals surface area contributed by atoms with Crippen LogP contribution in [0, 0.1) is 11.8 Å². The van der Waals surface area contributed by atoms with E-state index >= 15 is 0 Å². The van der Waals surface area contributed by atoms with Crippen molar-refractivity contribution >= 4 is 0 Å². The van der Waals surface area contributed by atoms with Crippen LogP contribution in [0.1, 0.15) is 105 Å². The second kappa shape index (κ2) is 12.3. The second-order valence-corrected chi connectivity index (χ2v) is 7.44. The van der Waals surface area contributed by atoms with Crippen molar-refractivity contribution in [3.63, 3.8) is 0 Å². The van der Waals surface area contributed by atoms with Crippen molar-refractivity contribution < 1.29 is 9.47 Å². The van der Waals surface area contributed by atoms with E-state index in [9.17, 15) is 0 Å². The topological polar surface area (TPSA) is 18.5 Å². The molecule has 0 aliphatic heterocycles. The van der Waals surface area contributed by atoms with Crippen molar-refractivity contribution in [2.24, 2.45) is 11.8 Å². The lowest BCUT2D eigenvalue weighted by molar-refractivity contribution is -0.264. The lowest BCUT2D eigenvalue weighted by Crippen LogP contribution is -2.45. The number of hydrogen-bond acceptors (Lipinski definition) is 2. The minimum atomic E-state index is -0.380. The van der Waals surface area contributed by atoms with Crippen molar-refractivity contribution in [2.45, 2.75) is 111 Å². The summed E-state index contributed by atoms with van der Waals surface area (Å²) in [4.78, 5) is 0. The Hall–Kier alpha value is -0.0800. The third kappa shape index (κ3) is 7.56. The van der Waals surface area contributed by atoms with Crippen LogP contribution in [0.4, 0.5) is 0 Å². The molecule has 23 heavy (non-hydrogen) atoms. The fourth-order valence-electron chi connectivity index (χ4n) is 4.44. The third-order valence-corrected chi connectivity index (χ3v) is 5.62. The summed E-state index contributed by atoms with van der Waals surface area (Å²) in [6.07, 6.45) is 16.4. The summed E-state index contributed by atoms with van der Waals surface area (Å²) in [5, 5.41) is 0. The molecule has 138 valence electrons. The number of unbranched alkanes of at least 4 members (excludes halogenated alkanes) is 5. The molecule has 1 atom stereocenters. The molecule has 2 heteroatoms. The maximum Gasteiger partial charge on any atom is 0.168 e. The molecule has 1 fully saturated rings. The predicted molar refractivity (Wildman–Crippen MR) is 99.7 cm³/mol. The standard InChI is InChI=1S/C21H42O2/c1-5-8-9-10-11-15-18-20(19-16-13-12-14-17-19)21(4,22-6-2)23-7-3/h19-20H,5-18H2,1-4H3. The molecular formula is C21H42O2. The molecule has 0 spiro atoms. The SMILES string of the molecule is CCCCCCCCC(C1CCCCC1)C(C)(OCC)OCC. The highest BCUT2D eigenvalue weighted by molar-refractivity contribution is 4.84. The number of hydrogen-bond donors (Lipinski definition) is 0. The molecule has 0 N–H and O–H groups in total. The maximum absolute atomic E-state index is 6.16. The van der Waals surface area contributed by atoms with Gasteiger partial charge in [0.2, 0.25) is 0 Å². The van der Waals surface area contributed by atoms with Crippen LogP contribution in [0.5, 0.6) is 0 Å². The molecule has 0 saturated heterocycles. The first-order chi connectivity index (χ1) is 11.2. The van der Waals surface area contributed by atoms with Gasteiger partial charge >= 0.3 is 0 Å². The first-order valence-corrected chi connectivity index (χ1v) is 10.5. The van der Waals surface area contributed by atoms with Crippen LogP contribution in [-0.4, -0.2) is 19.0 Å². The molecule has 0 aromatic heterocycles. The summed E-state index contributed by atoms with van der Waals surface area (Å²) in [5.41, 5.74) is 0. The Kier molecular flexibility index (Phi) is 11.2. The van der Waals surface area contributed by atoms with E-state index in [2.05, 4.69) is 27.7 Å². The summed E-state index contributed by atoms with van der Waals surface area (Å²) in [7, 11) is 0. The Bertz CT molecular complexity index is 265. The smallest absolute Gasteiger partial charge is 0.168 e. The van der Waals surface area contributed by atoms with Gasteiger partial charge in [0.15, 0.2) is 5.79 Å². The van der Waals surface area contributed by atoms with Crippen LogP contribution < -0.4 is 0 Å². The lowest BCUT2D eigenvalue weighted by atomic mass is 9.74. The average molecular weight is 327 g/mol. The Morgan fingerprint density at radius 2 is 1.39 bits per heavy atom. The van der Waals surface area contributed by atoms with Gasteiger partial charge in [0.05, 0.1) is 0 Å². The lowest BCUT2D eigenvalue weighted by Gasteiger charge is -2.42. The van der Waals surface area contributed by atoms with Crippen LogP contribution in [0.2, 0.25) is 0 Å². The van der Waals surface area contributed by atoms with E-state index in [0.29, 0.717) is 5.92 Å². The molecular weight excluding hydrogens is 284 g/mol. The van der Waals surface area contributed by atoms with Gasteiger partial charge in [-0.2, -0.15) is 0 Å². The minimum absolute atomic E-state index is 0.380. The first kappa shape index (κ1) is 21.0. The summed E-state index contributed by atoms with van der Waals surface area (Å²) < 4.78 is 12.3. The van der Waals surface area contributed by atoms with Gasteiger partial charge in [0.25, 0.3) is 0 Å². The number of ether oxygens (including phenoxy) is 2. The molecule has 0 radical (unpaired) electrons. The maximum atomic E-state index is 6.16. The summed E-state index contributed by atoms with van der Waals surface area (Å²) in [5.74, 6) is 0.978. The zero-order chi connectivity index (χ0) is 17.0. The van der Waals surface area contributed by atoms with Crippen molar-refractivity contribution in [1.82, 2.24) is 0 Å². The molecule has 1 saturated carbocycles. The minimum Gasteiger partial charge on any atom is -0.350 e. The van der Waals surface area contributed by atoms with Gasteiger partial charge in [0.1, 0.15) is 0 Å². The Morgan fingerprint density at radius 1 is 0.826 bits per heavy atom. The van der Waals surface area contributed by atoms with Gasteiger partial charge in [0, 0.05) is 19.1 Å². The van der Waals surface area contributed by atoms with Crippen LogP contribution in [0.15, 0.2) is 0 Å². The van der Waals surface area contributed by atoms with Crippen molar-refractivity contribution in [3.8, 4) is 0 Å². The van der Waals surface area contributed by atoms with Crippen molar-refractivity contribution in [1.29, 1.82) is 0 Å². The Labute approximate surface area is 145 Å². The normalized spacial score (nSPS) is 18.3. The zero-order valence-electron chi connectivity index (χ0n) is 16.4. The van der Waals surface area contributed by atoms with E-state index in [0.717, 1.165) is 19.1 Å². The Balaban J connectivity index is 2.59. The van der Waals surface area contributed by atoms with Gasteiger partial charge in [-0.05, 0) is 46.0 Å². The van der Waals surface area contributed by atoms with Gasteiger partial charge in [-0.3, -0.25) is 0 Å². The quantitative estimate of drug-likeness (QED) is 0.276. The summed E-state index contributed by atoms with van der Waals surface area (Å²) in [6, 6.07) is 0. The zero-order valence-corrected chi connectivity index (χ0v) is 16.4. The van der Waals surface area contributed by atoms with Crippen LogP contribution in [0.25, 0.3) is 0 Å². The fourth-order valence-corrected chi connectivity index (χ4v) is 4.44. The highest BCUT2D eigenvalue weighted by atomic mass is 16.7. The second-order valence-electron chi connectivity index (χ2n) is 7.44. The molecule has 0 aromatic rings. The highest BCUT2D eigenvalue weighted by Crippen LogP contribution is 2.41. The summed E-state index contributed by atoms with van der Waals surface area (Å²) in [6.45, 7) is 10.2. The van der Waals surface area contributed by atoms with Crippen molar-refractivity contribution in [3.05, 3.63) is 0 Å². The first-order valence-electron chi connectivity index (χ1n) is 10.5. The molecule has 2 nitrogen and oxygen atoms in total. The van der Waals surface area contributed by atoms with Gasteiger partial charge < -0.3 is 9.47 Å². The molecule has 0 bridgehead atoms. The van der Waals surface area contributed by atoms with E-state index in [4.69, 9.17) is 9.47 Å². The molecule has 1 rings (SSSR count). The molecule has 0 heterocycles. The predicted octanol–water partition coefficient (Wildman–Crippen LogP) is 6.72.